The van der Waals surface area contributed by atoms with E-state index in [4.69, 9.17) is 14.2 Å². The molecule has 1 N–H and O–H groups in total. The van der Waals surface area contributed by atoms with Gasteiger partial charge >= 0.3 is 24.0 Å². The Hall–Kier alpha value is -3.88. The minimum absolute atomic E-state index is 0.0606. The van der Waals surface area contributed by atoms with E-state index in [1.54, 1.807) is 52.0 Å². The first-order valence-corrected chi connectivity index (χ1v) is 11.5. The van der Waals surface area contributed by atoms with E-state index in [0.29, 0.717) is 5.56 Å². The zero-order chi connectivity index (χ0) is 26.7. The molecule has 0 saturated carbocycles. The number of alkyl carbamates (subject to hydrolysis) is 1. The minimum atomic E-state index is -1.00. The van der Waals surface area contributed by atoms with Gasteiger partial charge in [0.15, 0.2) is 0 Å². The molecule has 2 atom stereocenters. The van der Waals surface area contributed by atoms with Crippen LogP contribution >= 0.6 is 0 Å². The second-order valence-corrected chi connectivity index (χ2v) is 9.24. The molecule has 194 valence electrons. The van der Waals surface area contributed by atoms with Crippen molar-refractivity contribution in [2.75, 3.05) is 7.11 Å². The molecule has 0 aliphatic rings. The fourth-order valence-corrected chi connectivity index (χ4v) is 3.11. The number of nitrogens with one attached hydrogen (secondary N) is 1. The highest BCUT2D eigenvalue weighted by molar-refractivity contribution is 5.82. The van der Waals surface area contributed by atoms with Crippen LogP contribution in [-0.2, 0) is 41.6 Å². The highest BCUT2D eigenvalue weighted by atomic mass is 16.6. The van der Waals surface area contributed by atoms with Crippen molar-refractivity contribution in [1.29, 1.82) is 0 Å². The zero-order valence-corrected chi connectivity index (χ0v) is 21.2. The predicted octanol–water partition coefficient (Wildman–Crippen LogP) is 3.97. The molecule has 0 heterocycles. The van der Waals surface area contributed by atoms with Gasteiger partial charge in [-0.2, -0.15) is 0 Å². The Morgan fingerprint density at radius 2 is 1.53 bits per heavy atom. The Morgan fingerprint density at radius 1 is 0.889 bits per heavy atom. The van der Waals surface area contributed by atoms with Crippen molar-refractivity contribution in [2.45, 2.75) is 58.8 Å². The fourth-order valence-electron chi connectivity index (χ4n) is 3.11. The van der Waals surface area contributed by atoms with Crippen LogP contribution in [0.1, 0.15) is 45.2 Å². The molecule has 9 heteroatoms. The predicted molar refractivity (Wildman–Crippen MR) is 131 cm³/mol. The molecular weight excluding hydrogens is 466 g/mol. The Morgan fingerprint density at radius 3 is 2.11 bits per heavy atom. The van der Waals surface area contributed by atoms with Gasteiger partial charge in [0.05, 0.1) is 19.4 Å². The van der Waals surface area contributed by atoms with Crippen LogP contribution in [0.5, 0.6) is 5.75 Å². The van der Waals surface area contributed by atoms with Crippen LogP contribution in [0.2, 0.25) is 0 Å². The average molecular weight is 500 g/mol. The highest BCUT2D eigenvalue weighted by Gasteiger charge is 2.26. The summed E-state index contributed by atoms with van der Waals surface area (Å²) in [5, 5.41) is 2.58. The summed E-state index contributed by atoms with van der Waals surface area (Å²) in [5.74, 6) is -2.02. The molecule has 0 aliphatic carbocycles. The monoisotopic (exact) mass is 499 g/mol. The fraction of sp³-hybridized carbons (Fsp3) is 0.407. The third-order valence-corrected chi connectivity index (χ3v) is 4.87. The minimum Gasteiger partial charge on any atom is -0.469 e. The molecule has 36 heavy (non-hydrogen) atoms. The number of benzene rings is 2. The molecule has 0 bridgehead atoms. The van der Waals surface area contributed by atoms with Crippen molar-refractivity contribution in [3.8, 4) is 5.75 Å². The summed E-state index contributed by atoms with van der Waals surface area (Å²) in [4.78, 5) is 48.7. The lowest BCUT2D eigenvalue weighted by atomic mass is 10.1. The molecule has 0 radical (unpaired) electrons. The molecule has 0 aliphatic heterocycles. The van der Waals surface area contributed by atoms with Crippen LogP contribution in [0.15, 0.2) is 54.6 Å². The van der Waals surface area contributed by atoms with E-state index in [1.807, 2.05) is 30.3 Å². The van der Waals surface area contributed by atoms with Gasteiger partial charge in [-0.1, -0.05) is 49.4 Å². The van der Waals surface area contributed by atoms with Crippen LogP contribution in [0.4, 0.5) is 4.79 Å². The molecule has 2 unspecified atom stereocenters. The van der Waals surface area contributed by atoms with E-state index in [0.717, 1.165) is 5.56 Å². The third-order valence-electron chi connectivity index (χ3n) is 4.87. The van der Waals surface area contributed by atoms with Crippen LogP contribution < -0.4 is 10.1 Å². The third kappa shape index (κ3) is 10.2. The van der Waals surface area contributed by atoms with Gasteiger partial charge in [0, 0.05) is 6.42 Å². The van der Waals surface area contributed by atoms with E-state index in [2.05, 4.69) is 10.1 Å². The number of esters is 3. The number of ether oxygens (including phenoxy) is 4. The lowest BCUT2D eigenvalue weighted by Crippen LogP contribution is -2.45. The summed E-state index contributed by atoms with van der Waals surface area (Å²) in [6, 6.07) is 14.7. The first-order chi connectivity index (χ1) is 17.0. The van der Waals surface area contributed by atoms with Crippen molar-refractivity contribution < 1.29 is 38.1 Å². The van der Waals surface area contributed by atoms with Crippen molar-refractivity contribution in [1.82, 2.24) is 5.32 Å². The summed E-state index contributed by atoms with van der Waals surface area (Å²) < 4.78 is 20.6. The second-order valence-electron chi connectivity index (χ2n) is 9.24. The van der Waals surface area contributed by atoms with Gasteiger partial charge in [0.25, 0.3) is 0 Å². The van der Waals surface area contributed by atoms with Gasteiger partial charge in [-0.3, -0.25) is 9.59 Å². The molecule has 1 amide bonds. The SMILES string of the molecule is COC(=O)C(C)CC(=O)Oc1ccc(CC(NC(=O)OC(C)(C)C)C(=O)OCc2ccccc2)cc1. The molecule has 0 aromatic heterocycles. The van der Waals surface area contributed by atoms with Gasteiger partial charge < -0.3 is 24.3 Å². The number of carbonyl (C=O) groups excluding carboxylic acids is 4. The van der Waals surface area contributed by atoms with Gasteiger partial charge in [0.1, 0.15) is 24.0 Å². The molecule has 0 fully saturated rings. The van der Waals surface area contributed by atoms with Crippen molar-refractivity contribution >= 4 is 24.0 Å². The van der Waals surface area contributed by atoms with E-state index < -0.39 is 41.6 Å². The first-order valence-electron chi connectivity index (χ1n) is 11.5. The highest BCUT2D eigenvalue weighted by Crippen LogP contribution is 2.17. The van der Waals surface area contributed by atoms with Gasteiger partial charge in [0.2, 0.25) is 0 Å². The number of hydrogen-bond acceptors (Lipinski definition) is 8. The van der Waals surface area contributed by atoms with Gasteiger partial charge in [-0.05, 0) is 44.0 Å². The van der Waals surface area contributed by atoms with E-state index >= 15 is 0 Å². The number of carbonyl (C=O) groups is 4. The summed E-state index contributed by atoms with van der Waals surface area (Å²) in [6.07, 6.45) is -0.737. The number of methoxy groups -OCH3 is 1. The van der Waals surface area contributed by atoms with Gasteiger partial charge in [-0.15, -0.1) is 0 Å². The van der Waals surface area contributed by atoms with Crippen LogP contribution in [0.3, 0.4) is 0 Å². The maximum absolute atomic E-state index is 12.8. The largest absolute Gasteiger partial charge is 0.469 e. The summed E-state index contributed by atoms with van der Waals surface area (Å²) in [6.45, 7) is 6.81. The van der Waals surface area contributed by atoms with E-state index in [9.17, 15) is 19.2 Å². The molecule has 2 rings (SSSR count). The van der Waals surface area contributed by atoms with Crippen LogP contribution in [0, 0.1) is 5.92 Å². The second kappa shape index (κ2) is 13.3. The van der Waals surface area contributed by atoms with E-state index in [1.165, 1.54) is 7.11 Å². The Kier molecular flexibility index (Phi) is 10.5. The summed E-state index contributed by atoms with van der Waals surface area (Å²) in [5.41, 5.74) is 0.768. The number of rotatable bonds is 10. The molecule has 0 saturated heterocycles. The summed E-state index contributed by atoms with van der Waals surface area (Å²) in [7, 11) is 1.26. The maximum Gasteiger partial charge on any atom is 0.408 e. The van der Waals surface area contributed by atoms with Gasteiger partial charge in [-0.25, -0.2) is 9.59 Å². The lowest BCUT2D eigenvalue weighted by molar-refractivity contribution is -0.149. The number of amides is 1. The zero-order valence-electron chi connectivity index (χ0n) is 21.2. The quantitative estimate of drug-likeness (QED) is 0.296. The average Bonchev–Trinajstić information content (AvgIpc) is 2.82. The van der Waals surface area contributed by atoms with Crippen molar-refractivity contribution in [2.24, 2.45) is 5.92 Å². The molecular formula is C27H33NO8. The van der Waals surface area contributed by atoms with E-state index in [-0.39, 0.29) is 25.2 Å². The smallest absolute Gasteiger partial charge is 0.408 e. The Balaban J connectivity index is 2.04. The molecule has 9 nitrogen and oxygen atoms in total. The Labute approximate surface area is 211 Å². The molecule has 2 aromatic carbocycles. The normalized spacial score (nSPS) is 12.6. The topological polar surface area (TPSA) is 117 Å². The summed E-state index contributed by atoms with van der Waals surface area (Å²) >= 11 is 0. The Bertz CT molecular complexity index is 1030. The number of hydrogen-bond donors (Lipinski definition) is 1. The first kappa shape index (κ1) is 28.4. The van der Waals surface area contributed by atoms with Crippen molar-refractivity contribution in [3.63, 3.8) is 0 Å². The molecule has 2 aromatic rings. The molecule has 0 spiro atoms. The standard InChI is InChI=1S/C27H33NO8/c1-18(24(30)33-5)15-23(29)35-21-13-11-19(12-14-21)16-22(28-26(32)36-27(2,3)4)25(31)34-17-20-9-7-6-8-10-20/h6-14,18,22H,15-17H2,1-5H3,(H,28,32). The maximum atomic E-state index is 12.8. The van der Waals surface area contributed by atoms with Crippen LogP contribution in [0.25, 0.3) is 0 Å². The lowest BCUT2D eigenvalue weighted by Gasteiger charge is -2.23. The van der Waals surface area contributed by atoms with Crippen LogP contribution in [-0.4, -0.2) is 42.8 Å². The van der Waals surface area contributed by atoms with Crippen molar-refractivity contribution in [3.05, 3.63) is 65.7 Å².